The van der Waals surface area contributed by atoms with Crippen LogP contribution < -0.4 is 5.32 Å². The lowest BCUT2D eigenvalue weighted by molar-refractivity contribution is -0.143. The Kier molecular flexibility index (Phi) is 2.93. The van der Waals surface area contributed by atoms with Gasteiger partial charge in [0.05, 0.1) is 6.42 Å². The molecule has 4 nitrogen and oxygen atoms in total. The normalized spacial score (nSPS) is 15.8. The molecule has 0 atom stereocenters. The highest BCUT2D eigenvalue weighted by molar-refractivity contribution is 5.93. The molecule has 0 bridgehead atoms. The second-order valence-corrected chi connectivity index (χ2v) is 5.25. The molecular weight excluding hydrogens is 254 g/mol. The minimum atomic E-state index is -1.01. The van der Waals surface area contributed by atoms with Crippen LogP contribution in [0.2, 0.25) is 0 Å². The molecule has 20 heavy (non-hydrogen) atoms. The Morgan fingerprint density at radius 2 is 1.80 bits per heavy atom. The van der Waals surface area contributed by atoms with Gasteiger partial charge in [-0.15, -0.1) is 0 Å². The second-order valence-electron chi connectivity index (χ2n) is 5.25. The first-order chi connectivity index (χ1) is 9.61. The number of amides is 1. The van der Waals surface area contributed by atoms with Gasteiger partial charge in [-0.05, 0) is 29.2 Å². The molecule has 0 radical (unpaired) electrons. The monoisotopic (exact) mass is 269 g/mol. The zero-order valence-electron chi connectivity index (χ0n) is 10.9. The lowest BCUT2D eigenvalue weighted by Gasteiger charge is -2.13. The third kappa shape index (κ3) is 2.25. The highest BCUT2D eigenvalue weighted by Crippen LogP contribution is 2.35. The molecule has 0 saturated heterocycles. The number of carbonyl (C=O) groups excluding carboxylic acids is 1. The number of benzene rings is 2. The second kappa shape index (κ2) is 4.63. The van der Waals surface area contributed by atoms with Crippen LogP contribution in [0.15, 0.2) is 42.5 Å². The number of hydrogen-bond donors (Lipinski definition) is 2. The Bertz CT molecular complexity index is 684. The molecule has 3 rings (SSSR count). The Hall–Kier alpha value is -2.36. The van der Waals surface area contributed by atoms with Crippen LogP contribution >= 0.6 is 0 Å². The van der Waals surface area contributed by atoms with Crippen LogP contribution in [0.5, 0.6) is 0 Å². The maximum atomic E-state index is 12.0. The van der Waals surface area contributed by atoms with E-state index in [0.29, 0.717) is 12.8 Å². The van der Waals surface area contributed by atoms with Crippen molar-refractivity contribution in [3.05, 3.63) is 48.0 Å². The fourth-order valence-electron chi connectivity index (χ4n) is 2.45. The first kappa shape index (κ1) is 12.7. The van der Waals surface area contributed by atoms with E-state index in [1.54, 1.807) is 0 Å². The maximum absolute atomic E-state index is 12.0. The number of carboxylic acid groups (broad SMARTS) is 1. The van der Waals surface area contributed by atoms with Crippen LogP contribution in [0.4, 0.5) is 0 Å². The van der Waals surface area contributed by atoms with E-state index >= 15 is 0 Å². The number of fused-ring (bicyclic) bond motifs is 1. The molecule has 102 valence electrons. The van der Waals surface area contributed by atoms with Crippen LogP contribution in [0, 0.1) is 0 Å². The molecule has 1 amide bonds. The van der Waals surface area contributed by atoms with E-state index in [4.69, 9.17) is 5.11 Å². The molecule has 4 heteroatoms. The molecule has 1 aliphatic rings. The minimum absolute atomic E-state index is 0.205. The molecule has 1 saturated carbocycles. The average molecular weight is 269 g/mol. The SMILES string of the molecule is O=C(Cc1cccc2ccccc12)NC1(C(=O)O)CC1. The van der Waals surface area contributed by atoms with E-state index in [1.165, 1.54) is 0 Å². The van der Waals surface area contributed by atoms with Crippen LogP contribution in [0.1, 0.15) is 18.4 Å². The van der Waals surface area contributed by atoms with Crippen molar-refractivity contribution in [3.63, 3.8) is 0 Å². The number of nitrogens with one attached hydrogen (secondary N) is 1. The van der Waals surface area contributed by atoms with Crippen molar-refractivity contribution in [2.75, 3.05) is 0 Å². The lowest BCUT2D eigenvalue weighted by atomic mass is 10.0. The molecule has 0 heterocycles. The summed E-state index contributed by atoms with van der Waals surface area (Å²) in [6.45, 7) is 0. The quantitative estimate of drug-likeness (QED) is 0.893. The number of carbonyl (C=O) groups is 2. The van der Waals surface area contributed by atoms with Gasteiger partial charge in [0, 0.05) is 0 Å². The predicted molar refractivity (Wildman–Crippen MR) is 75.4 cm³/mol. The summed E-state index contributed by atoms with van der Waals surface area (Å²) >= 11 is 0. The first-order valence-corrected chi connectivity index (χ1v) is 6.62. The van der Waals surface area contributed by atoms with Gasteiger partial charge in [-0.2, -0.15) is 0 Å². The van der Waals surface area contributed by atoms with Crippen molar-refractivity contribution in [2.45, 2.75) is 24.8 Å². The maximum Gasteiger partial charge on any atom is 0.329 e. The first-order valence-electron chi connectivity index (χ1n) is 6.62. The Labute approximate surface area is 116 Å². The highest BCUT2D eigenvalue weighted by Gasteiger charge is 2.51. The molecule has 1 fully saturated rings. The van der Waals surface area contributed by atoms with Gasteiger partial charge < -0.3 is 10.4 Å². The van der Waals surface area contributed by atoms with E-state index in [2.05, 4.69) is 5.32 Å². The highest BCUT2D eigenvalue weighted by atomic mass is 16.4. The standard InChI is InChI=1S/C16H15NO3/c18-14(17-16(8-9-16)15(19)20)10-12-6-3-5-11-4-1-2-7-13(11)12/h1-7H,8-10H2,(H,17,18)(H,19,20). The van der Waals surface area contributed by atoms with Crippen molar-refractivity contribution in [3.8, 4) is 0 Å². The number of aliphatic carboxylic acids is 1. The van der Waals surface area contributed by atoms with Gasteiger partial charge in [0.1, 0.15) is 5.54 Å². The lowest BCUT2D eigenvalue weighted by Crippen LogP contribution is -2.43. The van der Waals surface area contributed by atoms with Crippen LogP contribution in [-0.4, -0.2) is 22.5 Å². The van der Waals surface area contributed by atoms with Gasteiger partial charge in [-0.3, -0.25) is 4.79 Å². The number of hydrogen-bond acceptors (Lipinski definition) is 2. The third-order valence-electron chi connectivity index (χ3n) is 3.77. The van der Waals surface area contributed by atoms with E-state index in [9.17, 15) is 9.59 Å². The zero-order chi connectivity index (χ0) is 14.2. The molecule has 2 aromatic carbocycles. The van der Waals surface area contributed by atoms with Gasteiger partial charge in [0.15, 0.2) is 0 Å². The summed E-state index contributed by atoms with van der Waals surface area (Å²) in [5.41, 5.74) is -0.0939. The molecule has 0 aliphatic heterocycles. The fraction of sp³-hybridized carbons (Fsp3) is 0.250. The summed E-state index contributed by atoms with van der Waals surface area (Å²) in [7, 11) is 0. The molecule has 2 aromatic rings. The Morgan fingerprint density at radius 3 is 2.50 bits per heavy atom. The summed E-state index contributed by atoms with van der Waals surface area (Å²) in [6, 6.07) is 13.7. The molecule has 0 unspecified atom stereocenters. The topological polar surface area (TPSA) is 66.4 Å². The van der Waals surface area contributed by atoms with Crippen molar-refractivity contribution < 1.29 is 14.7 Å². The van der Waals surface area contributed by atoms with Crippen molar-refractivity contribution >= 4 is 22.6 Å². The van der Waals surface area contributed by atoms with Gasteiger partial charge in [0.25, 0.3) is 0 Å². The van der Waals surface area contributed by atoms with Gasteiger partial charge in [-0.25, -0.2) is 4.79 Å². The summed E-state index contributed by atoms with van der Waals surface area (Å²) in [5, 5.41) is 13.8. The van der Waals surface area contributed by atoms with E-state index < -0.39 is 11.5 Å². The molecule has 2 N–H and O–H groups in total. The van der Waals surface area contributed by atoms with Gasteiger partial charge in [-0.1, -0.05) is 42.5 Å². The van der Waals surface area contributed by atoms with Crippen molar-refractivity contribution in [1.29, 1.82) is 0 Å². The summed E-state index contributed by atoms with van der Waals surface area (Å²) in [4.78, 5) is 23.1. The van der Waals surface area contributed by atoms with E-state index in [0.717, 1.165) is 16.3 Å². The third-order valence-corrected chi connectivity index (χ3v) is 3.77. The van der Waals surface area contributed by atoms with Crippen molar-refractivity contribution in [1.82, 2.24) is 5.32 Å². The largest absolute Gasteiger partial charge is 0.480 e. The van der Waals surface area contributed by atoms with Crippen LogP contribution in [-0.2, 0) is 16.0 Å². The zero-order valence-corrected chi connectivity index (χ0v) is 10.9. The molecular formula is C16H15NO3. The molecule has 1 aliphatic carbocycles. The Balaban J connectivity index is 1.80. The summed E-state index contributed by atoms with van der Waals surface area (Å²) < 4.78 is 0. The molecule has 0 aromatic heterocycles. The number of carboxylic acids is 1. The molecule has 0 spiro atoms. The van der Waals surface area contributed by atoms with E-state index in [-0.39, 0.29) is 12.3 Å². The summed E-state index contributed by atoms with van der Waals surface area (Å²) in [6.07, 6.45) is 1.24. The smallest absolute Gasteiger partial charge is 0.329 e. The number of rotatable bonds is 4. The van der Waals surface area contributed by atoms with Gasteiger partial charge >= 0.3 is 5.97 Å². The Morgan fingerprint density at radius 1 is 1.10 bits per heavy atom. The van der Waals surface area contributed by atoms with Crippen LogP contribution in [0.25, 0.3) is 10.8 Å². The summed E-state index contributed by atoms with van der Waals surface area (Å²) in [5.74, 6) is -1.18. The minimum Gasteiger partial charge on any atom is -0.480 e. The fourth-order valence-corrected chi connectivity index (χ4v) is 2.45. The van der Waals surface area contributed by atoms with Crippen LogP contribution in [0.3, 0.4) is 0 Å². The average Bonchev–Trinajstić information content (AvgIpc) is 3.20. The van der Waals surface area contributed by atoms with Gasteiger partial charge in [0.2, 0.25) is 5.91 Å². The van der Waals surface area contributed by atoms with E-state index in [1.807, 2.05) is 42.5 Å². The van der Waals surface area contributed by atoms with Crippen molar-refractivity contribution in [2.24, 2.45) is 0 Å². The predicted octanol–water partition coefficient (Wildman–Crippen LogP) is 2.12.